The summed E-state index contributed by atoms with van der Waals surface area (Å²) in [5, 5.41) is 12.4. The molecule has 0 aromatic heterocycles. The fraction of sp³-hybridized carbons (Fsp3) is 0.562. The smallest absolute Gasteiger partial charge is 0.224 e. The lowest BCUT2D eigenvalue weighted by atomic mass is 9.83. The molecule has 106 valence electrons. The van der Waals surface area contributed by atoms with Crippen molar-refractivity contribution >= 4 is 5.91 Å². The molecule has 19 heavy (non-hydrogen) atoms. The van der Waals surface area contributed by atoms with E-state index in [4.69, 9.17) is 0 Å². The Morgan fingerprint density at radius 3 is 2.42 bits per heavy atom. The molecule has 0 saturated heterocycles. The predicted molar refractivity (Wildman–Crippen MR) is 78.0 cm³/mol. The summed E-state index contributed by atoms with van der Waals surface area (Å²) in [5.74, 6) is 0.0222. The summed E-state index contributed by atoms with van der Waals surface area (Å²) in [6.45, 7) is 6.77. The SMILES string of the molecule is CCC(CC)(CO)CNC(=O)Cc1ccccc1C. The van der Waals surface area contributed by atoms with Gasteiger partial charge in [0.1, 0.15) is 0 Å². The third kappa shape index (κ3) is 4.35. The minimum atomic E-state index is -0.179. The van der Waals surface area contributed by atoms with E-state index in [2.05, 4.69) is 5.32 Å². The van der Waals surface area contributed by atoms with E-state index >= 15 is 0 Å². The minimum absolute atomic E-state index is 0.0222. The van der Waals surface area contributed by atoms with E-state index in [-0.39, 0.29) is 17.9 Å². The quantitative estimate of drug-likeness (QED) is 0.794. The number of nitrogens with one attached hydrogen (secondary N) is 1. The Labute approximate surface area is 116 Å². The van der Waals surface area contributed by atoms with Crippen LogP contribution >= 0.6 is 0 Å². The van der Waals surface area contributed by atoms with Crippen molar-refractivity contribution in [3.63, 3.8) is 0 Å². The van der Waals surface area contributed by atoms with Gasteiger partial charge >= 0.3 is 0 Å². The summed E-state index contributed by atoms with van der Waals surface area (Å²) >= 11 is 0. The second kappa shape index (κ2) is 7.29. The van der Waals surface area contributed by atoms with Crippen LogP contribution in [-0.4, -0.2) is 24.2 Å². The predicted octanol–water partition coefficient (Wildman–Crippen LogP) is 2.45. The maximum atomic E-state index is 12.0. The van der Waals surface area contributed by atoms with E-state index in [1.54, 1.807) is 0 Å². The van der Waals surface area contributed by atoms with Crippen molar-refractivity contribution in [2.24, 2.45) is 5.41 Å². The highest BCUT2D eigenvalue weighted by Crippen LogP contribution is 2.24. The van der Waals surface area contributed by atoms with Crippen LogP contribution in [0.5, 0.6) is 0 Å². The standard InChI is InChI=1S/C16H25NO2/c1-4-16(5-2,12-18)11-17-15(19)10-14-9-7-6-8-13(14)3/h6-9,18H,4-5,10-12H2,1-3H3,(H,17,19). The van der Waals surface area contributed by atoms with E-state index in [1.165, 1.54) is 0 Å². The molecule has 0 fully saturated rings. The Kier molecular flexibility index (Phi) is 6.03. The molecule has 0 bridgehead atoms. The number of carbonyl (C=O) groups is 1. The van der Waals surface area contributed by atoms with Crippen LogP contribution in [0.1, 0.15) is 37.8 Å². The first-order valence-electron chi connectivity index (χ1n) is 6.99. The van der Waals surface area contributed by atoms with Crippen LogP contribution in [0.3, 0.4) is 0 Å². The van der Waals surface area contributed by atoms with Crippen LogP contribution in [0.2, 0.25) is 0 Å². The fourth-order valence-corrected chi connectivity index (χ4v) is 2.11. The van der Waals surface area contributed by atoms with Crippen LogP contribution in [0.25, 0.3) is 0 Å². The molecule has 1 aromatic carbocycles. The van der Waals surface area contributed by atoms with Gasteiger partial charge in [-0.3, -0.25) is 4.79 Å². The van der Waals surface area contributed by atoms with Crippen molar-refractivity contribution in [2.75, 3.05) is 13.2 Å². The molecular formula is C16H25NO2. The number of hydrogen-bond acceptors (Lipinski definition) is 2. The molecule has 0 atom stereocenters. The van der Waals surface area contributed by atoms with E-state index in [1.807, 2.05) is 45.0 Å². The highest BCUT2D eigenvalue weighted by molar-refractivity contribution is 5.78. The number of aliphatic hydroxyl groups is 1. The number of aliphatic hydroxyl groups excluding tert-OH is 1. The molecule has 1 aromatic rings. The Morgan fingerprint density at radius 1 is 1.26 bits per heavy atom. The lowest BCUT2D eigenvalue weighted by Gasteiger charge is -2.29. The van der Waals surface area contributed by atoms with Crippen LogP contribution in [-0.2, 0) is 11.2 Å². The fourth-order valence-electron chi connectivity index (χ4n) is 2.11. The summed E-state index contributed by atoms with van der Waals surface area (Å²) in [5.41, 5.74) is 2.01. The van der Waals surface area contributed by atoms with E-state index in [0.29, 0.717) is 13.0 Å². The van der Waals surface area contributed by atoms with E-state index in [9.17, 15) is 9.90 Å². The average molecular weight is 263 g/mol. The summed E-state index contributed by atoms with van der Waals surface area (Å²) < 4.78 is 0. The molecule has 3 nitrogen and oxygen atoms in total. The second-order valence-electron chi connectivity index (χ2n) is 5.25. The first-order chi connectivity index (χ1) is 9.06. The molecule has 0 spiro atoms. The molecular weight excluding hydrogens is 238 g/mol. The van der Waals surface area contributed by atoms with Gasteiger partial charge in [-0.1, -0.05) is 38.1 Å². The zero-order valence-corrected chi connectivity index (χ0v) is 12.2. The third-order valence-corrected chi connectivity index (χ3v) is 4.11. The maximum Gasteiger partial charge on any atom is 0.224 e. The first-order valence-corrected chi connectivity index (χ1v) is 6.99. The van der Waals surface area contributed by atoms with Crippen LogP contribution < -0.4 is 5.32 Å². The van der Waals surface area contributed by atoms with Gasteiger partial charge < -0.3 is 10.4 Å². The normalized spacial score (nSPS) is 11.4. The van der Waals surface area contributed by atoms with Gasteiger partial charge in [-0.2, -0.15) is 0 Å². The summed E-state index contributed by atoms with van der Waals surface area (Å²) in [6.07, 6.45) is 2.14. The minimum Gasteiger partial charge on any atom is -0.396 e. The van der Waals surface area contributed by atoms with E-state index < -0.39 is 0 Å². The van der Waals surface area contributed by atoms with Gasteiger partial charge in [0.15, 0.2) is 0 Å². The van der Waals surface area contributed by atoms with Gasteiger partial charge in [0.25, 0.3) is 0 Å². The number of hydrogen-bond donors (Lipinski definition) is 2. The summed E-state index contributed by atoms with van der Waals surface area (Å²) in [6, 6.07) is 7.92. The van der Waals surface area contributed by atoms with Gasteiger partial charge in [0, 0.05) is 12.0 Å². The lowest BCUT2D eigenvalue weighted by molar-refractivity contribution is -0.121. The van der Waals surface area contributed by atoms with Gasteiger partial charge in [-0.15, -0.1) is 0 Å². The Bertz CT molecular complexity index is 403. The zero-order chi connectivity index (χ0) is 14.3. The van der Waals surface area contributed by atoms with Crippen LogP contribution in [0, 0.1) is 12.3 Å². The molecule has 2 N–H and O–H groups in total. The van der Waals surface area contributed by atoms with Gasteiger partial charge in [0.2, 0.25) is 5.91 Å². The molecule has 0 heterocycles. The van der Waals surface area contributed by atoms with Crippen LogP contribution in [0.4, 0.5) is 0 Å². The van der Waals surface area contributed by atoms with Crippen molar-refractivity contribution in [1.82, 2.24) is 5.32 Å². The van der Waals surface area contributed by atoms with Crippen LogP contribution in [0.15, 0.2) is 24.3 Å². The number of amides is 1. The van der Waals surface area contributed by atoms with Gasteiger partial charge in [-0.05, 0) is 30.9 Å². The molecule has 0 aliphatic carbocycles. The molecule has 3 heteroatoms. The maximum absolute atomic E-state index is 12.0. The lowest BCUT2D eigenvalue weighted by Crippen LogP contribution is -2.40. The highest BCUT2D eigenvalue weighted by atomic mass is 16.3. The van der Waals surface area contributed by atoms with Gasteiger partial charge in [0.05, 0.1) is 13.0 Å². The molecule has 0 aliphatic heterocycles. The van der Waals surface area contributed by atoms with Crippen molar-refractivity contribution in [1.29, 1.82) is 0 Å². The first kappa shape index (κ1) is 15.7. The summed E-state index contributed by atoms with van der Waals surface area (Å²) in [4.78, 5) is 12.0. The molecule has 0 saturated carbocycles. The average Bonchev–Trinajstić information content (AvgIpc) is 2.44. The topological polar surface area (TPSA) is 49.3 Å². The third-order valence-electron chi connectivity index (χ3n) is 4.11. The largest absolute Gasteiger partial charge is 0.396 e. The van der Waals surface area contributed by atoms with Crippen molar-refractivity contribution in [2.45, 2.75) is 40.0 Å². The number of carbonyl (C=O) groups excluding carboxylic acids is 1. The van der Waals surface area contributed by atoms with Crippen molar-refractivity contribution in [3.05, 3.63) is 35.4 Å². The summed E-state index contributed by atoms with van der Waals surface area (Å²) in [7, 11) is 0. The molecule has 0 unspecified atom stereocenters. The second-order valence-corrected chi connectivity index (χ2v) is 5.25. The molecule has 1 rings (SSSR count). The molecule has 1 amide bonds. The molecule has 0 radical (unpaired) electrons. The van der Waals surface area contributed by atoms with Crippen molar-refractivity contribution < 1.29 is 9.90 Å². The number of benzene rings is 1. The zero-order valence-electron chi connectivity index (χ0n) is 12.2. The van der Waals surface area contributed by atoms with Gasteiger partial charge in [-0.25, -0.2) is 0 Å². The Balaban J connectivity index is 2.55. The number of aryl methyl sites for hydroxylation is 1. The Morgan fingerprint density at radius 2 is 1.89 bits per heavy atom. The Hall–Kier alpha value is -1.35. The highest BCUT2D eigenvalue weighted by Gasteiger charge is 2.25. The van der Waals surface area contributed by atoms with Crippen molar-refractivity contribution in [3.8, 4) is 0 Å². The van der Waals surface area contributed by atoms with E-state index in [0.717, 1.165) is 24.0 Å². The monoisotopic (exact) mass is 263 g/mol. The molecule has 0 aliphatic rings. The number of rotatable bonds is 7.